The van der Waals surface area contributed by atoms with Crippen LogP contribution in [0, 0.1) is 5.92 Å². The maximum absolute atomic E-state index is 8.87. The summed E-state index contributed by atoms with van der Waals surface area (Å²) in [5.74, 6) is 0.474. The summed E-state index contributed by atoms with van der Waals surface area (Å²) in [7, 11) is 0. The van der Waals surface area contributed by atoms with Crippen molar-refractivity contribution < 1.29 is 5.11 Å². The van der Waals surface area contributed by atoms with E-state index in [1.807, 2.05) is 18.2 Å². The molecule has 2 atom stereocenters. The van der Waals surface area contributed by atoms with Gasteiger partial charge in [-0.3, -0.25) is 0 Å². The zero-order chi connectivity index (χ0) is 13.5. The Morgan fingerprint density at radius 3 is 2.44 bits per heavy atom. The lowest BCUT2D eigenvalue weighted by Crippen LogP contribution is -2.33. The lowest BCUT2D eigenvalue weighted by atomic mass is 9.94. The van der Waals surface area contributed by atoms with E-state index in [0.29, 0.717) is 12.0 Å². The maximum Gasteiger partial charge on any atom is 0.0453 e. The molecule has 0 heterocycles. The van der Waals surface area contributed by atoms with Crippen molar-refractivity contribution in [3.05, 3.63) is 34.9 Å². The topological polar surface area (TPSA) is 32.3 Å². The molecule has 0 aliphatic heterocycles. The van der Waals surface area contributed by atoms with E-state index in [4.69, 9.17) is 16.7 Å². The standard InChI is InChI=1S/C15H24ClNO/c1-11(2)15(17-12(3)7-6-10-18)13-8-4-5-9-14(13)16/h4-5,8-9,11-12,15,17-18H,6-7,10H2,1-3H3. The summed E-state index contributed by atoms with van der Waals surface area (Å²) in [4.78, 5) is 0. The van der Waals surface area contributed by atoms with Gasteiger partial charge in [0.15, 0.2) is 0 Å². The quantitative estimate of drug-likeness (QED) is 0.789. The van der Waals surface area contributed by atoms with Gasteiger partial charge in [0.1, 0.15) is 0 Å². The highest BCUT2D eigenvalue weighted by Gasteiger charge is 2.19. The first-order valence-electron chi connectivity index (χ1n) is 6.67. The molecule has 3 heteroatoms. The number of aliphatic hydroxyl groups is 1. The van der Waals surface area contributed by atoms with Gasteiger partial charge in [-0.15, -0.1) is 0 Å². The number of halogens is 1. The van der Waals surface area contributed by atoms with Crippen molar-refractivity contribution in [1.29, 1.82) is 0 Å². The third-order valence-corrected chi connectivity index (χ3v) is 3.51. The second-order valence-electron chi connectivity index (χ2n) is 5.18. The molecule has 0 aliphatic rings. The first-order valence-corrected chi connectivity index (χ1v) is 7.05. The summed E-state index contributed by atoms with van der Waals surface area (Å²) in [6.07, 6.45) is 1.81. The summed E-state index contributed by atoms with van der Waals surface area (Å²) in [6.45, 7) is 6.80. The van der Waals surface area contributed by atoms with Crippen LogP contribution in [0.5, 0.6) is 0 Å². The number of hydrogen-bond donors (Lipinski definition) is 2. The van der Waals surface area contributed by atoms with E-state index in [-0.39, 0.29) is 12.6 Å². The van der Waals surface area contributed by atoms with Crippen molar-refractivity contribution in [3.63, 3.8) is 0 Å². The Balaban J connectivity index is 2.75. The summed E-state index contributed by atoms with van der Waals surface area (Å²) < 4.78 is 0. The molecule has 1 rings (SSSR count). The zero-order valence-electron chi connectivity index (χ0n) is 11.5. The fourth-order valence-corrected chi connectivity index (χ4v) is 2.41. The van der Waals surface area contributed by atoms with Crippen molar-refractivity contribution in [2.24, 2.45) is 5.92 Å². The minimum atomic E-state index is 0.254. The highest BCUT2D eigenvalue weighted by Crippen LogP contribution is 2.28. The van der Waals surface area contributed by atoms with Crippen LogP contribution in [0.1, 0.15) is 45.2 Å². The van der Waals surface area contributed by atoms with E-state index in [1.54, 1.807) is 0 Å². The number of rotatable bonds is 7. The molecule has 0 spiro atoms. The van der Waals surface area contributed by atoms with Crippen LogP contribution < -0.4 is 5.32 Å². The molecule has 2 nitrogen and oxygen atoms in total. The van der Waals surface area contributed by atoms with Gasteiger partial charge in [0.25, 0.3) is 0 Å². The molecule has 0 aromatic heterocycles. The van der Waals surface area contributed by atoms with Gasteiger partial charge in [-0.1, -0.05) is 43.6 Å². The fraction of sp³-hybridized carbons (Fsp3) is 0.600. The third kappa shape index (κ3) is 4.60. The number of nitrogens with one attached hydrogen (secondary N) is 1. The highest BCUT2D eigenvalue weighted by molar-refractivity contribution is 6.31. The Labute approximate surface area is 115 Å². The minimum Gasteiger partial charge on any atom is -0.396 e. The van der Waals surface area contributed by atoms with Gasteiger partial charge in [-0.2, -0.15) is 0 Å². The normalized spacial score (nSPS) is 14.8. The molecule has 0 saturated heterocycles. The van der Waals surface area contributed by atoms with Crippen LogP contribution in [-0.2, 0) is 0 Å². The summed E-state index contributed by atoms with van der Waals surface area (Å²) in [5, 5.41) is 13.3. The zero-order valence-corrected chi connectivity index (χ0v) is 12.2. The monoisotopic (exact) mass is 269 g/mol. The second-order valence-corrected chi connectivity index (χ2v) is 5.58. The Morgan fingerprint density at radius 2 is 1.89 bits per heavy atom. The molecule has 102 valence electrons. The van der Waals surface area contributed by atoms with E-state index < -0.39 is 0 Å². The molecule has 1 aromatic carbocycles. The van der Waals surface area contributed by atoms with Crippen molar-refractivity contribution >= 4 is 11.6 Å². The molecular weight excluding hydrogens is 246 g/mol. The van der Waals surface area contributed by atoms with Gasteiger partial charge in [-0.05, 0) is 37.3 Å². The molecular formula is C15H24ClNO. The van der Waals surface area contributed by atoms with Gasteiger partial charge in [0.05, 0.1) is 0 Å². The number of hydrogen-bond acceptors (Lipinski definition) is 2. The average molecular weight is 270 g/mol. The van der Waals surface area contributed by atoms with Crippen LogP contribution in [0.15, 0.2) is 24.3 Å². The van der Waals surface area contributed by atoms with Crippen molar-refractivity contribution in [1.82, 2.24) is 5.32 Å². The molecule has 1 aromatic rings. The van der Waals surface area contributed by atoms with E-state index in [2.05, 4.69) is 32.2 Å². The predicted octanol–water partition coefficient (Wildman–Crippen LogP) is 3.79. The van der Waals surface area contributed by atoms with Crippen LogP contribution in [0.25, 0.3) is 0 Å². The SMILES string of the molecule is CC(CCCO)NC(c1ccccc1Cl)C(C)C. The molecule has 0 amide bonds. The molecule has 0 bridgehead atoms. The van der Waals surface area contributed by atoms with Gasteiger partial charge < -0.3 is 10.4 Å². The van der Waals surface area contributed by atoms with Crippen LogP contribution in [-0.4, -0.2) is 17.8 Å². The molecule has 0 fully saturated rings. The average Bonchev–Trinajstić information content (AvgIpc) is 2.34. The minimum absolute atomic E-state index is 0.254. The predicted molar refractivity (Wildman–Crippen MR) is 77.9 cm³/mol. The van der Waals surface area contributed by atoms with E-state index in [9.17, 15) is 0 Å². The lowest BCUT2D eigenvalue weighted by Gasteiger charge is -2.27. The fourth-order valence-electron chi connectivity index (χ4n) is 2.16. The smallest absolute Gasteiger partial charge is 0.0453 e. The molecule has 0 saturated carbocycles. The third-order valence-electron chi connectivity index (χ3n) is 3.17. The summed E-state index contributed by atoms with van der Waals surface area (Å²) in [5.41, 5.74) is 1.16. The van der Waals surface area contributed by atoms with E-state index in [0.717, 1.165) is 23.4 Å². The highest BCUT2D eigenvalue weighted by atomic mass is 35.5. The molecule has 2 unspecified atom stereocenters. The molecule has 0 radical (unpaired) electrons. The van der Waals surface area contributed by atoms with Crippen molar-refractivity contribution in [2.45, 2.75) is 45.7 Å². The Kier molecular flexibility index (Phi) is 6.69. The van der Waals surface area contributed by atoms with Crippen molar-refractivity contribution in [3.8, 4) is 0 Å². The summed E-state index contributed by atoms with van der Waals surface area (Å²) in [6, 6.07) is 8.63. The number of aliphatic hydroxyl groups excluding tert-OH is 1. The largest absolute Gasteiger partial charge is 0.396 e. The first kappa shape index (κ1) is 15.5. The Bertz CT molecular complexity index is 354. The van der Waals surface area contributed by atoms with Gasteiger partial charge in [-0.25, -0.2) is 0 Å². The van der Waals surface area contributed by atoms with Crippen molar-refractivity contribution in [2.75, 3.05) is 6.61 Å². The van der Waals surface area contributed by atoms with Crippen LogP contribution in [0.4, 0.5) is 0 Å². The van der Waals surface area contributed by atoms with Gasteiger partial charge in [0.2, 0.25) is 0 Å². The maximum atomic E-state index is 8.87. The lowest BCUT2D eigenvalue weighted by molar-refractivity contribution is 0.269. The molecule has 2 N–H and O–H groups in total. The van der Waals surface area contributed by atoms with Crippen LogP contribution in [0.2, 0.25) is 5.02 Å². The van der Waals surface area contributed by atoms with E-state index >= 15 is 0 Å². The molecule has 0 aliphatic carbocycles. The second kappa shape index (κ2) is 7.78. The molecule has 18 heavy (non-hydrogen) atoms. The van der Waals surface area contributed by atoms with Crippen LogP contribution in [0.3, 0.4) is 0 Å². The Hall–Kier alpha value is -0.570. The van der Waals surface area contributed by atoms with Crippen LogP contribution >= 0.6 is 11.6 Å². The first-order chi connectivity index (χ1) is 8.56. The Morgan fingerprint density at radius 1 is 1.22 bits per heavy atom. The summed E-state index contributed by atoms with van der Waals surface area (Å²) >= 11 is 6.27. The van der Waals surface area contributed by atoms with E-state index in [1.165, 1.54) is 0 Å². The number of benzene rings is 1. The van der Waals surface area contributed by atoms with Gasteiger partial charge in [0, 0.05) is 23.7 Å². The van der Waals surface area contributed by atoms with Gasteiger partial charge >= 0.3 is 0 Å².